The molecule has 0 saturated heterocycles. The van der Waals surface area contributed by atoms with Gasteiger partial charge in [-0.3, -0.25) is 14.0 Å². The summed E-state index contributed by atoms with van der Waals surface area (Å²) >= 11 is 7.26. The number of hydrogen-bond acceptors (Lipinski definition) is 7. The highest BCUT2D eigenvalue weighted by Gasteiger charge is 2.15. The zero-order chi connectivity index (χ0) is 25.8. The molecule has 11 heteroatoms. The van der Waals surface area contributed by atoms with E-state index in [1.807, 2.05) is 6.07 Å². The number of methoxy groups -OCH3 is 1. The summed E-state index contributed by atoms with van der Waals surface area (Å²) in [4.78, 5) is 32.3. The second-order valence-corrected chi connectivity index (χ2v) is 9.27. The van der Waals surface area contributed by atoms with Gasteiger partial charge in [0.1, 0.15) is 6.67 Å². The van der Waals surface area contributed by atoms with Crippen molar-refractivity contribution in [3.05, 3.63) is 73.6 Å². The third-order valence-corrected chi connectivity index (χ3v) is 6.69. The first-order chi connectivity index (χ1) is 17.3. The van der Waals surface area contributed by atoms with Crippen LogP contribution in [0.25, 0.3) is 22.3 Å². The van der Waals surface area contributed by atoms with Gasteiger partial charge in [-0.1, -0.05) is 35.1 Å². The van der Waals surface area contributed by atoms with E-state index in [0.29, 0.717) is 38.4 Å². The van der Waals surface area contributed by atoms with Gasteiger partial charge in [-0.15, -0.1) is 0 Å². The van der Waals surface area contributed by atoms with E-state index in [9.17, 15) is 19.1 Å². The molecule has 0 aliphatic heterocycles. The van der Waals surface area contributed by atoms with E-state index < -0.39 is 6.67 Å². The predicted molar refractivity (Wildman–Crippen MR) is 137 cm³/mol. The maximum absolute atomic E-state index is 13.0. The van der Waals surface area contributed by atoms with Crippen molar-refractivity contribution in [2.24, 2.45) is 0 Å². The van der Waals surface area contributed by atoms with Crippen LogP contribution in [0.15, 0.2) is 47.4 Å². The molecular formula is C25H23ClFN3O5S. The largest absolute Gasteiger partial charge is 0.503 e. The minimum atomic E-state index is -0.563. The molecule has 0 aliphatic carbocycles. The summed E-state index contributed by atoms with van der Waals surface area (Å²) in [6.07, 6.45) is 3.29. The highest BCUT2D eigenvalue weighted by molar-refractivity contribution is 7.15. The van der Waals surface area contributed by atoms with Gasteiger partial charge in [-0.2, -0.15) is 0 Å². The Balaban J connectivity index is 1.60. The molecule has 1 N–H and O–H groups in total. The van der Waals surface area contributed by atoms with E-state index >= 15 is 0 Å². The van der Waals surface area contributed by atoms with Crippen molar-refractivity contribution in [1.29, 1.82) is 0 Å². The quantitative estimate of drug-likeness (QED) is 0.333. The Morgan fingerprint density at radius 2 is 2.11 bits per heavy atom. The second kappa shape index (κ2) is 11.1. The van der Waals surface area contributed by atoms with Crippen LogP contribution in [-0.2, 0) is 4.74 Å². The first kappa shape index (κ1) is 25.6. The molecule has 2 heterocycles. The number of thiazole rings is 1. The molecule has 4 aromatic rings. The normalized spacial score (nSPS) is 11.8. The second-order valence-electron chi connectivity index (χ2n) is 7.86. The Bertz CT molecular complexity index is 1520. The SMILES string of the molecule is COc1cc(C=c2sc3nc(-c4cccc(C(=O)N(C)CCOCCF)c4)cn3c2=O)cc(Cl)c1O. The summed E-state index contributed by atoms with van der Waals surface area (Å²) in [5.41, 5.74) is 2.06. The number of aromatic nitrogens is 2. The number of amides is 1. The highest BCUT2D eigenvalue weighted by Crippen LogP contribution is 2.35. The molecule has 0 unspecified atom stereocenters. The summed E-state index contributed by atoms with van der Waals surface area (Å²) in [6.45, 7) is 0.0253. The number of imidazole rings is 1. The molecule has 188 valence electrons. The fourth-order valence-electron chi connectivity index (χ4n) is 3.55. The first-order valence-corrected chi connectivity index (χ1v) is 12.1. The Morgan fingerprint density at radius 3 is 2.83 bits per heavy atom. The third kappa shape index (κ3) is 5.35. The molecule has 0 radical (unpaired) electrons. The van der Waals surface area contributed by atoms with Crippen LogP contribution in [-0.4, -0.2) is 65.9 Å². The summed E-state index contributed by atoms with van der Waals surface area (Å²) in [5, 5.41) is 10.0. The topological polar surface area (TPSA) is 93.4 Å². The number of phenols is 1. The molecule has 36 heavy (non-hydrogen) atoms. The van der Waals surface area contributed by atoms with Crippen molar-refractivity contribution in [1.82, 2.24) is 14.3 Å². The molecule has 0 bridgehead atoms. The summed E-state index contributed by atoms with van der Waals surface area (Å²) < 4.78 is 24.3. The van der Waals surface area contributed by atoms with Gasteiger partial charge in [-0.25, -0.2) is 9.37 Å². The summed E-state index contributed by atoms with van der Waals surface area (Å²) in [5.74, 6) is -0.162. The Kier molecular flexibility index (Phi) is 7.88. The number of hydrogen-bond donors (Lipinski definition) is 1. The molecular weight excluding hydrogens is 509 g/mol. The predicted octanol–water partition coefficient (Wildman–Crippen LogP) is 3.40. The third-order valence-electron chi connectivity index (χ3n) is 5.42. The average Bonchev–Trinajstić information content (AvgIpc) is 3.42. The van der Waals surface area contributed by atoms with Gasteiger partial charge in [0.05, 0.1) is 35.6 Å². The zero-order valence-electron chi connectivity index (χ0n) is 19.5. The minimum absolute atomic E-state index is 0.00697. The molecule has 0 saturated carbocycles. The van der Waals surface area contributed by atoms with Gasteiger partial charge in [-0.05, 0) is 35.9 Å². The molecule has 1 amide bonds. The number of aromatic hydroxyl groups is 1. The monoisotopic (exact) mass is 531 g/mol. The Hall–Kier alpha value is -3.47. The molecule has 2 aromatic carbocycles. The first-order valence-electron chi connectivity index (χ1n) is 10.9. The highest BCUT2D eigenvalue weighted by atomic mass is 35.5. The van der Waals surface area contributed by atoms with Crippen LogP contribution in [0.4, 0.5) is 4.39 Å². The molecule has 0 atom stereocenters. The lowest BCUT2D eigenvalue weighted by molar-refractivity contribution is 0.0676. The number of phenolic OH excluding ortho intramolecular Hbond substituents is 1. The smallest absolute Gasteiger partial charge is 0.274 e. The lowest BCUT2D eigenvalue weighted by atomic mass is 10.1. The lowest BCUT2D eigenvalue weighted by Crippen LogP contribution is -2.30. The van der Waals surface area contributed by atoms with Crippen molar-refractivity contribution in [2.45, 2.75) is 0 Å². The van der Waals surface area contributed by atoms with Crippen molar-refractivity contribution in [2.75, 3.05) is 40.6 Å². The van der Waals surface area contributed by atoms with Crippen LogP contribution in [0.2, 0.25) is 5.02 Å². The van der Waals surface area contributed by atoms with Gasteiger partial charge in [0.2, 0.25) is 0 Å². The number of likely N-dealkylation sites (N-methyl/N-ethyl adjacent to an activating group) is 1. The van der Waals surface area contributed by atoms with Crippen molar-refractivity contribution >= 4 is 39.9 Å². The van der Waals surface area contributed by atoms with Crippen LogP contribution in [0.3, 0.4) is 0 Å². The van der Waals surface area contributed by atoms with E-state index in [2.05, 4.69) is 4.98 Å². The Labute approximate surface area is 214 Å². The Morgan fingerprint density at radius 1 is 1.31 bits per heavy atom. The summed E-state index contributed by atoms with van der Waals surface area (Å²) in [7, 11) is 3.07. The average molecular weight is 532 g/mol. The van der Waals surface area contributed by atoms with Crippen molar-refractivity contribution in [3.8, 4) is 22.8 Å². The van der Waals surface area contributed by atoms with Crippen molar-refractivity contribution in [3.63, 3.8) is 0 Å². The lowest BCUT2D eigenvalue weighted by Gasteiger charge is -2.17. The van der Waals surface area contributed by atoms with Gasteiger partial charge < -0.3 is 19.5 Å². The van der Waals surface area contributed by atoms with Crippen LogP contribution in [0.5, 0.6) is 11.5 Å². The summed E-state index contributed by atoms with van der Waals surface area (Å²) in [6, 6.07) is 10.1. The van der Waals surface area contributed by atoms with Crippen LogP contribution < -0.4 is 14.8 Å². The van der Waals surface area contributed by atoms with Crippen LogP contribution in [0, 0.1) is 0 Å². The maximum atomic E-state index is 13.0. The van der Waals surface area contributed by atoms with Crippen LogP contribution >= 0.6 is 22.9 Å². The molecule has 0 fully saturated rings. The minimum Gasteiger partial charge on any atom is -0.503 e. The maximum Gasteiger partial charge on any atom is 0.274 e. The van der Waals surface area contributed by atoms with Crippen molar-refractivity contribution < 1.29 is 23.8 Å². The molecule has 0 aliphatic rings. The van der Waals surface area contributed by atoms with E-state index in [1.165, 1.54) is 27.7 Å². The van der Waals surface area contributed by atoms with E-state index in [0.717, 1.165) is 0 Å². The van der Waals surface area contributed by atoms with Gasteiger partial charge in [0.15, 0.2) is 16.5 Å². The number of alkyl halides is 1. The van der Waals surface area contributed by atoms with E-state index in [1.54, 1.807) is 49.7 Å². The number of halogens is 2. The number of nitrogens with zero attached hydrogens (tertiary/aromatic N) is 3. The van der Waals surface area contributed by atoms with E-state index in [-0.39, 0.29) is 41.2 Å². The number of benzene rings is 2. The fraction of sp³-hybridized carbons (Fsp3) is 0.240. The number of rotatable bonds is 9. The zero-order valence-corrected chi connectivity index (χ0v) is 21.1. The van der Waals surface area contributed by atoms with E-state index in [4.69, 9.17) is 21.1 Å². The van der Waals surface area contributed by atoms with Gasteiger partial charge >= 0.3 is 0 Å². The number of carbonyl (C=O) groups excluding carboxylic acids is 1. The van der Waals surface area contributed by atoms with Gasteiger partial charge in [0.25, 0.3) is 11.5 Å². The molecule has 0 spiro atoms. The number of fused-ring (bicyclic) bond motifs is 1. The molecule has 4 rings (SSSR count). The number of carbonyl (C=O) groups is 1. The molecule has 2 aromatic heterocycles. The standard InChI is InChI=1S/C25H23ClFN3O5S/c1-29(7-9-35-8-6-27)23(32)17-5-3-4-16(13-17)19-14-30-24(33)21(36-25(30)28-19)12-15-10-18(26)22(31)20(11-15)34-2/h3-5,10-14,31H,6-9H2,1-2H3. The molecule has 8 nitrogen and oxygen atoms in total. The fourth-order valence-corrected chi connectivity index (χ4v) is 4.72. The van der Waals surface area contributed by atoms with Crippen LogP contribution in [0.1, 0.15) is 15.9 Å². The number of ether oxygens (including phenoxy) is 2. The van der Waals surface area contributed by atoms with Gasteiger partial charge in [0, 0.05) is 30.9 Å².